The van der Waals surface area contributed by atoms with Crippen molar-refractivity contribution in [2.24, 2.45) is 5.92 Å². The number of hydrogen-bond donors (Lipinski definition) is 1. The summed E-state index contributed by atoms with van der Waals surface area (Å²) in [7, 11) is 0. The lowest BCUT2D eigenvalue weighted by Crippen LogP contribution is -2.38. The SMILES string of the molecule is Cc1ccccc1-c1ncc(CN2C[C@@H]3CCC[C@H](C2)C(=O)N3)s1. The zero-order chi connectivity index (χ0) is 16.5. The highest BCUT2D eigenvalue weighted by molar-refractivity contribution is 7.15. The number of nitrogens with one attached hydrogen (secondary N) is 1. The summed E-state index contributed by atoms with van der Waals surface area (Å²) in [6.45, 7) is 4.86. The minimum absolute atomic E-state index is 0.154. The average molecular weight is 341 g/mol. The first-order chi connectivity index (χ1) is 11.7. The number of likely N-dealkylation sites (tertiary alicyclic amines) is 1. The minimum Gasteiger partial charge on any atom is -0.352 e. The molecule has 2 saturated heterocycles. The topological polar surface area (TPSA) is 45.2 Å². The van der Waals surface area contributed by atoms with Crippen LogP contribution in [0.15, 0.2) is 30.5 Å². The molecule has 4 nitrogen and oxygen atoms in total. The van der Waals surface area contributed by atoms with Crippen LogP contribution < -0.4 is 5.32 Å². The van der Waals surface area contributed by atoms with Crippen LogP contribution in [0, 0.1) is 12.8 Å². The van der Waals surface area contributed by atoms with Gasteiger partial charge in [-0.15, -0.1) is 11.3 Å². The number of thiazole rings is 1. The van der Waals surface area contributed by atoms with Gasteiger partial charge in [0, 0.05) is 42.3 Å². The van der Waals surface area contributed by atoms with E-state index in [0.29, 0.717) is 6.04 Å². The fourth-order valence-corrected chi connectivity index (χ4v) is 4.85. The second-order valence-electron chi connectivity index (χ2n) is 6.97. The van der Waals surface area contributed by atoms with Crippen LogP contribution in [0.25, 0.3) is 10.6 Å². The summed E-state index contributed by atoms with van der Waals surface area (Å²) in [5, 5.41) is 4.29. The summed E-state index contributed by atoms with van der Waals surface area (Å²) in [5.74, 6) is 0.408. The van der Waals surface area contributed by atoms with Crippen molar-refractivity contribution in [3.63, 3.8) is 0 Å². The number of fused-ring (bicyclic) bond motifs is 3. The fourth-order valence-electron chi connectivity index (χ4n) is 3.81. The Hall–Kier alpha value is -1.72. The molecule has 5 heteroatoms. The van der Waals surface area contributed by atoms with Gasteiger partial charge in [0.1, 0.15) is 5.01 Å². The molecule has 0 radical (unpaired) electrons. The fraction of sp³-hybridized carbons (Fsp3) is 0.474. The minimum atomic E-state index is 0.154. The molecule has 2 fully saturated rings. The zero-order valence-corrected chi connectivity index (χ0v) is 14.8. The molecule has 2 atom stereocenters. The maximum absolute atomic E-state index is 12.2. The maximum Gasteiger partial charge on any atom is 0.224 e. The van der Waals surface area contributed by atoms with Gasteiger partial charge in [-0.25, -0.2) is 4.98 Å². The van der Waals surface area contributed by atoms with Crippen molar-refractivity contribution in [1.82, 2.24) is 15.2 Å². The third-order valence-electron chi connectivity index (χ3n) is 5.09. The predicted octanol–water partition coefficient (Wildman–Crippen LogP) is 3.22. The predicted molar refractivity (Wildman–Crippen MR) is 96.8 cm³/mol. The van der Waals surface area contributed by atoms with Crippen LogP contribution in [0.4, 0.5) is 0 Å². The summed E-state index contributed by atoms with van der Waals surface area (Å²) in [5.41, 5.74) is 2.48. The van der Waals surface area contributed by atoms with E-state index in [9.17, 15) is 4.79 Å². The van der Waals surface area contributed by atoms with Crippen LogP contribution in [-0.2, 0) is 11.3 Å². The number of amides is 1. The first kappa shape index (κ1) is 15.8. The van der Waals surface area contributed by atoms with Crippen LogP contribution >= 0.6 is 11.3 Å². The lowest BCUT2D eigenvalue weighted by molar-refractivity contribution is -0.124. The first-order valence-electron chi connectivity index (χ1n) is 8.72. The number of hydrogen-bond acceptors (Lipinski definition) is 4. The molecule has 1 amide bonds. The Balaban J connectivity index is 1.50. The molecule has 2 bridgehead atoms. The third-order valence-corrected chi connectivity index (χ3v) is 6.10. The second-order valence-corrected chi connectivity index (χ2v) is 8.09. The van der Waals surface area contributed by atoms with E-state index in [1.165, 1.54) is 22.4 Å². The number of nitrogens with zero attached hydrogens (tertiary/aromatic N) is 2. The van der Waals surface area contributed by atoms with E-state index >= 15 is 0 Å². The summed E-state index contributed by atoms with van der Waals surface area (Å²) < 4.78 is 0. The molecule has 3 heterocycles. The van der Waals surface area contributed by atoms with Crippen molar-refractivity contribution >= 4 is 17.2 Å². The number of carbonyl (C=O) groups excluding carboxylic acids is 1. The van der Waals surface area contributed by atoms with Gasteiger partial charge in [-0.3, -0.25) is 9.69 Å². The third kappa shape index (κ3) is 3.23. The Morgan fingerprint density at radius 3 is 3.04 bits per heavy atom. The van der Waals surface area contributed by atoms with Gasteiger partial charge < -0.3 is 5.32 Å². The van der Waals surface area contributed by atoms with E-state index in [2.05, 4.69) is 46.4 Å². The van der Waals surface area contributed by atoms with Crippen LogP contribution in [0.2, 0.25) is 0 Å². The van der Waals surface area contributed by atoms with Crippen LogP contribution in [0.1, 0.15) is 29.7 Å². The highest BCUT2D eigenvalue weighted by Crippen LogP contribution is 2.29. The van der Waals surface area contributed by atoms with Gasteiger partial charge in [0.25, 0.3) is 0 Å². The molecule has 2 aliphatic heterocycles. The molecule has 1 aromatic carbocycles. The van der Waals surface area contributed by atoms with Crippen LogP contribution in [0.5, 0.6) is 0 Å². The number of aromatic nitrogens is 1. The Kier molecular flexibility index (Phi) is 4.37. The van der Waals surface area contributed by atoms with Gasteiger partial charge in [-0.1, -0.05) is 30.7 Å². The van der Waals surface area contributed by atoms with E-state index < -0.39 is 0 Å². The molecule has 24 heavy (non-hydrogen) atoms. The van der Waals surface area contributed by atoms with Crippen molar-refractivity contribution in [2.45, 2.75) is 38.8 Å². The van der Waals surface area contributed by atoms with E-state index in [1.54, 1.807) is 11.3 Å². The zero-order valence-electron chi connectivity index (χ0n) is 14.0. The van der Waals surface area contributed by atoms with Crippen molar-refractivity contribution < 1.29 is 4.79 Å². The van der Waals surface area contributed by atoms with Crippen molar-refractivity contribution in [2.75, 3.05) is 13.1 Å². The quantitative estimate of drug-likeness (QED) is 0.932. The molecular formula is C19H23N3OS. The number of carbonyl (C=O) groups is 1. The van der Waals surface area contributed by atoms with E-state index in [0.717, 1.165) is 37.5 Å². The van der Waals surface area contributed by atoms with Crippen LogP contribution in [-0.4, -0.2) is 34.9 Å². The Morgan fingerprint density at radius 2 is 2.17 bits per heavy atom. The van der Waals surface area contributed by atoms with E-state index in [4.69, 9.17) is 0 Å². The largest absolute Gasteiger partial charge is 0.352 e. The lowest BCUT2D eigenvalue weighted by Gasteiger charge is -2.26. The molecule has 4 rings (SSSR count). The van der Waals surface area contributed by atoms with E-state index in [1.807, 2.05) is 6.20 Å². The lowest BCUT2D eigenvalue weighted by atomic mass is 9.99. The van der Waals surface area contributed by atoms with Gasteiger partial charge in [-0.2, -0.15) is 0 Å². The second kappa shape index (κ2) is 6.65. The summed E-state index contributed by atoms with van der Waals surface area (Å²) in [6, 6.07) is 8.71. The Morgan fingerprint density at radius 1 is 1.29 bits per heavy atom. The summed E-state index contributed by atoms with van der Waals surface area (Å²) in [6.07, 6.45) is 5.30. The molecule has 0 spiro atoms. The van der Waals surface area contributed by atoms with Gasteiger partial charge >= 0.3 is 0 Å². The molecule has 0 aliphatic carbocycles. The highest BCUT2D eigenvalue weighted by Gasteiger charge is 2.32. The van der Waals surface area contributed by atoms with Crippen LogP contribution in [0.3, 0.4) is 0 Å². The first-order valence-corrected chi connectivity index (χ1v) is 9.54. The monoisotopic (exact) mass is 341 g/mol. The summed E-state index contributed by atoms with van der Waals surface area (Å²) in [4.78, 5) is 20.5. The number of rotatable bonds is 3. The van der Waals surface area contributed by atoms with Gasteiger partial charge in [0.05, 0.1) is 5.92 Å². The maximum atomic E-state index is 12.2. The molecular weight excluding hydrogens is 318 g/mol. The van der Waals surface area contributed by atoms with E-state index in [-0.39, 0.29) is 11.8 Å². The van der Waals surface area contributed by atoms with Gasteiger partial charge in [-0.05, 0) is 25.3 Å². The van der Waals surface area contributed by atoms with Crippen molar-refractivity contribution in [3.8, 4) is 10.6 Å². The molecule has 2 aromatic rings. The molecule has 2 aliphatic rings. The standard InChI is InChI=1S/C19H23N3OS/c1-13-5-2-3-8-17(13)19-20-9-16(24-19)12-22-10-14-6-4-7-15(11-22)21-18(14)23/h2-3,5,8-9,14-15H,4,6-7,10-12H2,1H3,(H,21,23)/t14-,15+/m1/s1. The normalized spacial score (nSPS) is 24.5. The smallest absolute Gasteiger partial charge is 0.224 e. The molecule has 0 unspecified atom stereocenters. The Bertz CT molecular complexity index is 742. The average Bonchev–Trinajstić information content (AvgIpc) is 2.86. The number of benzene rings is 1. The molecule has 1 N–H and O–H groups in total. The van der Waals surface area contributed by atoms with Crippen molar-refractivity contribution in [3.05, 3.63) is 40.9 Å². The molecule has 0 saturated carbocycles. The summed E-state index contributed by atoms with van der Waals surface area (Å²) >= 11 is 1.77. The Labute approximate surface area is 146 Å². The molecule has 1 aromatic heterocycles. The molecule has 126 valence electrons. The number of aryl methyl sites for hydroxylation is 1. The van der Waals surface area contributed by atoms with Gasteiger partial charge in [0.15, 0.2) is 0 Å². The highest BCUT2D eigenvalue weighted by atomic mass is 32.1. The van der Waals surface area contributed by atoms with Gasteiger partial charge in [0.2, 0.25) is 5.91 Å². The van der Waals surface area contributed by atoms with Crippen molar-refractivity contribution in [1.29, 1.82) is 0 Å².